The maximum absolute atomic E-state index is 11.1. The van der Waals surface area contributed by atoms with Gasteiger partial charge in [-0.2, -0.15) is 0 Å². The van der Waals surface area contributed by atoms with Crippen molar-refractivity contribution >= 4 is 6.29 Å². The molecule has 2 heterocycles. The standard InChI is InChI=1S/C10H17NO/c1-8-5-9-3-4-10(6-8,7-12)11(9)2/h7-9H,3-6H2,1-2H3. The molecule has 0 aromatic rings. The highest BCUT2D eigenvalue weighted by Crippen LogP contribution is 2.43. The minimum absolute atomic E-state index is 0.0810. The zero-order valence-electron chi connectivity index (χ0n) is 7.92. The highest BCUT2D eigenvalue weighted by Gasteiger charge is 2.48. The largest absolute Gasteiger partial charge is 0.301 e. The first-order chi connectivity index (χ1) is 5.68. The molecule has 12 heavy (non-hydrogen) atoms. The molecule has 2 saturated heterocycles. The first-order valence-corrected chi connectivity index (χ1v) is 4.87. The lowest BCUT2D eigenvalue weighted by molar-refractivity contribution is -0.119. The summed E-state index contributed by atoms with van der Waals surface area (Å²) in [4.78, 5) is 13.4. The Hall–Kier alpha value is -0.370. The minimum Gasteiger partial charge on any atom is -0.301 e. The van der Waals surface area contributed by atoms with E-state index in [0.29, 0.717) is 6.04 Å². The SMILES string of the molecule is CC1CC2CCC(C=O)(C1)N2C. The second-order valence-electron chi connectivity index (χ2n) is 4.57. The average molecular weight is 167 g/mol. The van der Waals surface area contributed by atoms with Crippen LogP contribution in [0.5, 0.6) is 0 Å². The smallest absolute Gasteiger partial charge is 0.140 e. The molecule has 0 aromatic heterocycles. The van der Waals surface area contributed by atoms with E-state index in [1.54, 1.807) is 0 Å². The molecule has 2 aliphatic heterocycles. The van der Waals surface area contributed by atoms with Crippen LogP contribution in [0.2, 0.25) is 0 Å². The number of fused-ring (bicyclic) bond motifs is 2. The first kappa shape index (κ1) is 8.24. The molecule has 3 atom stereocenters. The van der Waals surface area contributed by atoms with Crippen molar-refractivity contribution in [2.45, 2.75) is 44.2 Å². The van der Waals surface area contributed by atoms with Crippen LogP contribution in [0.3, 0.4) is 0 Å². The number of likely N-dealkylation sites (N-methyl/N-ethyl adjacent to an activating group) is 1. The minimum atomic E-state index is -0.0810. The zero-order valence-corrected chi connectivity index (χ0v) is 7.92. The molecule has 0 spiro atoms. The summed E-state index contributed by atoms with van der Waals surface area (Å²) in [5.41, 5.74) is -0.0810. The zero-order chi connectivity index (χ0) is 8.77. The number of piperidine rings is 1. The van der Waals surface area contributed by atoms with Crippen LogP contribution >= 0.6 is 0 Å². The van der Waals surface area contributed by atoms with E-state index in [4.69, 9.17) is 0 Å². The third kappa shape index (κ3) is 0.939. The fourth-order valence-corrected chi connectivity index (χ4v) is 3.01. The molecule has 2 aliphatic rings. The Kier molecular flexibility index (Phi) is 1.76. The van der Waals surface area contributed by atoms with Crippen molar-refractivity contribution in [3.8, 4) is 0 Å². The molecule has 0 aromatic carbocycles. The van der Waals surface area contributed by atoms with E-state index in [-0.39, 0.29) is 5.54 Å². The van der Waals surface area contributed by atoms with Gasteiger partial charge in [0.1, 0.15) is 6.29 Å². The van der Waals surface area contributed by atoms with Crippen molar-refractivity contribution in [1.29, 1.82) is 0 Å². The topological polar surface area (TPSA) is 20.3 Å². The van der Waals surface area contributed by atoms with Gasteiger partial charge in [-0.15, -0.1) is 0 Å². The van der Waals surface area contributed by atoms with E-state index >= 15 is 0 Å². The number of aldehydes is 1. The van der Waals surface area contributed by atoms with Gasteiger partial charge in [0.25, 0.3) is 0 Å². The Labute approximate surface area is 73.9 Å². The van der Waals surface area contributed by atoms with Gasteiger partial charge in [-0.05, 0) is 38.6 Å². The molecule has 0 N–H and O–H groups in total. The van der Waals surface area contributed by atoms with E-state index in [2.05, 4.69) is 18.9 Å². The van der Waals surface area contributed by atoms with Gasteiger partial charge in [-0.25, -0.2) is 0 Å². The van der Waals surface area contributed by atoms with E-state index in [1.165, 1.54) is 19.1 Å². The first-order valence-electron chi connectivity index (χ1n) is 4.87. The van der Waals surface area contributed by atoms with Gasteiger partial charge >= 0.3 is 0 Å². The van der Waals surface area contributed by atoms with Crippen molar-refractivity contribution in [3.63, 3.8) is 0 Å². The molecule has 0 amide bonds. The fourth-order valence-electron chi connectivity index (χ4n) is 3.01. The second kappa shape index (κ2) is 2.56. The van der Waals surface area contributed by atoms with Crippen LogP contribution in [0.15, 0.2) is 0 Å². The second-order valence-corrected chi connectivity index (χ2v) is 4.57. The molecule has 3 unspecified atom stereocenters. The molecule has 68 valence electrons. The van der Waals surface area contributed by atoms with Crippen molar-refractivity contribution in [3.05, 3.63) is 0 Å². The molecule has 2 fully saturated rings. The van der Waals surface area contributed by atoms with Crippen molar-refractivity contribution < 1.29 is 4.79 Å². The Morgan fingerprint density at radius 3 is 3.00 bits per heavy atom. The molecule has 0 aliphatic carbocycles. The van der Waals surface area contributed by atoms with Crippen LogP contribution < -0.4 is 0 Å². The molecule has 2 bridgehead atoms. The summed E-state index contributed by atoms with van der Waals surface area (Å²) < 4.78 is 0. The molecule has 2 heteroatoms. The molecule has 0 radical (unpaired) electrons. The van der Waals surface area contributed by atoms with Crippen LogP contribution in [0, 0.1) is 5.92 Å². The summed E-state index contributed by atoms with van der Waals surface area (Å²) in [6.07, 6.45) is 5.85. The van der Waals surface area contributed by atoms with Crippen LogP contribution in [-0.2, 0) is 4.79 Å². The quantitative estimate of drug-likeness (QED) is 0.551. The number of rotatable bonds is 1. The molecule has 0 saturated carbocycles. The third-order valence-corrected chi connectivity index (χ3v) is 3.76. The number of hydrogen-bond acceptors (Lipinski definition) is 2. The van der Waals surface area contributed by atoms with Gasteiger partial charge in [0.2, 0.25) is 0 Å². The number of nitrogens with zero attached hydrogens (tertiary/aromatic N) is 1. The van der Waals surface area contributed by atoms with E-state index in [0.717, 1.165) is 18.8 Å². The van der Waals surface area contributed by atoms with Gasteiger partial charge in [-0.1, -0.05) is 6.92 Å². The van der Waals surface area contributed by atoms with E-state index in [1.807, 2.05) is 0 Å². The Morgan fingerprint density at radius 1 is 1.58 bits per heavy atom. The normalized spacial score (nSPS) is 47.8. The van der Waals surface area contributed by atoms with Gasteiger partial charge in [0, 0.05) is 6.04 Å². The average Bonchev–Trinajstić information content (AvgIpc) is 2.29. The third-order valence-electron chi connectivity index (χ3n) is 3.76. The highest BCUT2D eigenvalue weighted by atomic mass is 16.1. The molecular formula is C10H17NO. The number of carbonyl (C=O) groups is 1. The summed E-state index contributed by atoms with van der Waals surface area (Å²) >= 11 is 0. The fraction of sp³-hybridized carbons (Fsp3) is 0.900. The summed E-state index contributed by atoms with van der Waals surface area (Å²) in [5, 5.41) is 0. The van der Waals surface area contributed by atoms with Crippen LogP contribution in [0.4, 0.5) is 0 Å². The molecule has 2 rings (SSSR count). The predicted molar refractivity (Wildman–Crippen MR) is 48.0 cm³/mol. The van der Waals surface area contributed by atoms with Gasteiger partial charge in [0.15, 0.2) is 0 Å². The van der Waals surface area contributed by atoms with E-state index in [9.17, 15) is 4.79 Å². The molecular weight excluding hydrogens is 150 g/mol. The lowest BCUT2D eigenvalue weighted by Crippen LogP contribution is -2.51. The lowest BCUT2D eigenvalue weighted by atomic mass is 9.84. The van der Waals surface area contributed by atoms with Gasteiger partial charge in [-0.3, -0.25) is 4.90 Å². The van der Waals surface area contributed by atoms with Crippen molar-refractivity contribution in [2.24, 2.45) is 5.92 Å². The Bertz CT molecular complexity index is 204. The van der Waals surface area contributed by atoms with Gasteiger partial charge < -0.3 is 4.79 Å². The Balaban J connectivity index is 2.26. The predicted octanol–water partition coefficient (Wildman–Crippen LogP) is 1.45. The monoisotopic (exact) mass is 167 g/mol. The van der Waals surface area contributed by atoms with Gasteiger partial charge in [0.05, 0.1) is 5.54 Å². The number of carbonyl (C=O) groups excluding carboxylic acids is 1. The highest BCUT2D eigenvalue weighted by molar-refractivity contribution is 5.65. The Morgan fingerprint density at radius 2 is 2.33 bits per heavy atom. The summed E-state index contributed by atoms with van der Waals surface area (Å²) in [5.74, 6) is 0.735. The summed E-state index contributed by atoms with van der Waals surface area (Å²) in [6.45, 7) is 2.27. The summed E-state index contributed by atoms with van der Waals surface area (Å²) in [7, 11) is 2.11. The van der Waals surface area contributed by atoms with Crippen LogP contribution in [-0.4, -0.2) is 29.8 Å². The lowest BCUT2D eigenvalue weighted by Gasteiger charge is -2.41. The summed E-state index contributed by atoms with van der Waals surface area (Å²) in [6, 6.07) is 0.680. The van der Waals surface area contributed by atoms with Crippen molar-refractivity contribution in [1.82, 2.24) is 4.90 Å². The van der Waals surface area contributed by atoms with Crippen LogP contribution in [0.1, 0.15) is 32.6 Å². The number of hydrogen-bond donors (Lipinski definition) is 0. The maximum Gasteiger partial charge on any atom is 0.140 e. The van der Waals surface area contributed by atoms with E-state index < -0.39 is 0 Å². The van der Waals surface area contributed by atoms with Crippen LogP contribution in [0.25, 0.3) is 0 Å². The molecule has 2 nitrogen and oxygen atoms in total. The van der Waals surface area contributed by atoms with Crippen molar-refractivity contribution in [2.75, 3.05) is 7.05 Å². The maximum atomic E-state index is 11.1.